The highest BCUT2D eigenvalue weighted by molar-refractivity contribution is 7.89. The fourth-order valence-electron chi connectivity index (χ4n) is 4.15. The summed E-state index contributed by atoms with van der Waals surface area (Å²) in [5.41, 5.74) is 0. The molecule has 1 aromatic carbocycles. The molecule has 0 radical (unpaired) electrons. The van der Waals surface area contributed by atoms with Crippen molar-refractivity contribution in [2.75, 3.05) is 32.7 Å². The molecule has 1 heterocycles. The van der Waals surface area contributed by atoms with E-state index >= 15 is 0 Å². The Morgan fingerprint density at radius 2 is 1.89 bits per heavy atom. The predicted octanol–water partition coefficient (Wildman–Crippen LogP) is 2.59. The maximum absolute atomic E-state index is 12.8. The van der Waals surface area contributed by atoms with Gasteiger partial charge in [0.05, 0.1) is 11.4 Å². The molecule has 3 rings (SSSR count). The number of rotatable bonds is 5. The predicted molar refractivity (Wildman–Crippen MR) is 111 cm³/mol. The summed E-state index contributed by atoms with van der Waals surface area (Å²) in [4.78, 5) is 14.7. The third-order valence-electron chi connectivity index (χ3n) is 6.19. The van der Waals surface area contributed by atoms with E-state index in [2.05, 4.69) is 19.2 Å². The first kappa shape index (κ1) is 21.6. The van der Waals surface area contributed by atoms with Crippen molar-refractivity contribution in [1.29, 1.82) is 0 Å². The van der Waals surface area contributed by atoms with E-state index in [1.807, 2.05) is 4.90 Å². The van der Waals surface area contributed by atoms with Crippen LogP contribution >= 0.6 is 11.6 Å². The Morgan fingerprint density at radius 1 is 1.18 bits per heavy atom. The summed E-state index contributed by atoms with van der Waals surface area (Å²) in [6.45, 7) is 6.63. The second-order valence-electron chi connectivity index (χ2n) is 8.08. The number of hydrogen-bond donors (Lipinski definition) is 1. The Balaban J connectivity index is 1.50. The Kier molecular flexibility index (Phi) is 7.02. The number of amides is 1. The summed E-state index contributed by atoms with van der Waals surface area (Å²) in [6.07, 6.45) is 3.44. The first-order valence-corrected chi connectivity index (χ1v) is 11.9. The molecule has 1 aliphatic carbocycles. The maximum atomic E-state index is 12.8. The van der Waals surface area contributed by atoms with E-state index in [1.165, 1.54) is 16.8 Å². The molecular formula is C20H30ClN3O3S. The van der Waals surface area contributed by atoms with Gasteiger partial charge in [-0.3, -0.25) is 9.69 Å². The standard InChI is InChI=1S/C20H30ClN3O3S/c1-15-5-3-8-19(16(15)2)22-20(25)14-23-9-11-24(12-10-23)28(26,27)18-7-4-6-17(21)13-18/h4,6-7,13,15-16,19H,3,5,8-12,14H2,1-2H3,(H,22,25)/t15-,16+,19-/m1/s1. The Bertz CT molecular complexity index is 794. The van der Waals surface area contributed by atoms with Gasteiger partial charge in [-0.2, -0.15) is 4.31 Å². The summed E-state index contributed by atoms with van der Waals surface area (Å²) in [7, 11) is -3.55. The fraction of sp³-hybridized carbons (Fsp3) is 0.650. The van der Waals surface area contributed by atoms with Crippen LogP contribution in [0.2, 0.25) is 5.02 Å². The third kappa shape index (κ3) is 5.06. The topological polar surface area (TPSA) is 69.7 Å². The highest BCUT2D eigenvalue weighted by atomic mass is 35.5. The zero-order chi connectivity index (χ0) is 20.3. The smallest absolute Gasteiger partial charge is 0.243 e. The molecular weight excluding hydrogens is 398 g/mol. The molecule has 1 aliphatic heterocycles. The van der Waals surface area contributed by atoms with Crippen LogP contribution in [0.3, 0.4) is 0 Å². The van der Waals surface area contributed by atoms with Crippen molar-refractivity contribution in [2.45, 2.75) is 44.0 Å². The summed E-state index contributed by atoms with van der Waals surface area (Å²) >= 11 is 5.93. The summed E-state index contributed by atoms with van der Waals surface area (Å²) in [5, 5.41) is 3.60. The molecule has 8 heteroatoms. The second-order valence-corrected chi connectivity index (χ2v) is 10.5. The van der Waals surface area contributed by atoms with Crippen molar-refractivity contribution < 1.29 is 13.2 Å². The van der Waals surface area contributed by atoms with Gasteiger partial charge in [-0.05, 0) is 36.5 Å². The molecule has 1 aromatic rings. The van der Waals surface area contributed by atoms with E-state index in [0.29, 0.717) is 49.6 Å². The van der Waals surface area contributed by atoms with Crippen LogP contribution in [0.4, 0.5) is 0 Å². The summed E-state index contributed by atoms with van der Waals surface area (Å²) in [5.74, 6) is 1.17. The van der Waals surface area contributed by atoms with Gasteiger partial charge in [-0.1, -0.05) is 44.4 Å². The first-order chi connectivity index (χ1) is 13.3. The minimum absolute atomic E-state index is 0.0390. The van der Waals surface area contributed by atoms with Crippen LogP contribution in [0.5, 0.6) is 0 Å². The van der Waals surface area contributed by atoms with Crippen LogP contribution in [0.25, 0.3) is 0 Å². The second kappa shape index (κ2) is 9.11. The van der Waals surface area contributed by atoms with Crippen molar-refractivity contribution in [3.8, 4) is 0 Å². The van der Waals surface area contributed by atoms with Crippen LogP contribution in [0.1, 0.15) is 33.1 Å². The van der Waals surface area contributed by atoms with E-state index in [4.69, 9.17) is 11.6 Å². The molecule has 0 aromatic heterocycles. The zero-order valence-electron chi connectivity index (χ0n) is 16.6. The Labute approximate surface area is 173 Å². The summed E-state index contributed by atoms with van der Waals surface area (Å²) in [6, 6.07) is 6.59. The lowest BCUT2D eigenvalue weighted by atomic mass is 9.78. The molecule has 3 atom stereocenters. The Morgan fingerprint density at radius 3 is 2.57 bits per heavy atom. The monoisotopic (exact) mass is 427 g/mol. The number of hydrogen-bond acceptors (Lipinski definition) is 4. The van der Waals surface area contributed by atoms with Gasteiger partial charge in [-0.15, -0.1) is 0 Å². The van der Waals surface area contributed by atoms with Crippen LogP contribution in [-0.2, 0) is 14.8 Å². The molecule has 6 nitrogen and oxygen atoms in total. The number of halogens is 1. The van der Waals surface area contributed by atoms with Crippen molar-refractivity contribution in [2.24, 2.45) is 11.8 Å². The van der Waals surface area contributed by atoms with Crippen LogP contribution in [-0.4, -0.2) is 62.3 Å². The molecule has 28 heavy (non-hydrogen) atoms. The van der Waals surface area contributed by atoms with Crippen LogP contribution < -0.4 is 5.32 Å². The van der Waals surface area contributed by atoms with Gasteiger partial charge in [0, 0.05) is 37.2 Å². The number of nitrogens with one attached hydrogen (secondary N) is 1. The van der Waals surface area contributed by atoms with Gasteiger partial charge >= 0.3 is 0 Å². The van der Waals surface area contributed by atoms with Crippen LogP contribution in [0, 0.1) is 11.8 Å². The lowest BCUT2D eigenvalue weighted by Gasteiger charge is -2.36. The van der Waals surface area contributed by atoms with Gasteiger partial charge in [-0.25, -0.2) is 8.42 Å². The van der Waals surface area contributed by atoms with E-state index in [1.54, 1.807) is 18.2 Å². The maximum Gasteiger partial charge on any atom is 0.243 e. The van der Waals surface area contributed by atoms with Crippen LogP contribution in [0.15, 0.2) is 29.2 Å². The van der Waals surface area contributed by atoms with E-state index < -0.39 is 10.0 Å². The number of benzene rings is 1. The summed E-state index contributed by atoms with van der Waals surface area (Å²) < 4.78 is 27.0. The highest BCUT2D eigenvalue weighted by Gasteiger charge is 2.31. The molecule has 2 fully saturated rings. The largest absolute Gasteiger partial charge is 0.352 e. The lowest BCUT2D eigenvalue weighted by molar-refractivity contribution is -0.124. The minimum atomic E-state index is -3.55. The van der Waals surface area contributed by atoms with Crippen molar-refractivity contribution >= 4 is 27.5 Å². The van der Waals surface area contributed by atoms with Gasteiger partial charge in [0.1, 0.15) is 0 Å². The van der Waals surface area contributed by atoms with E-state index in [-0.39, 0.29) is 16.8 Å². The number of piperazine rings is 1. The average molecular weight is 428 g/mol. The molecule has 0 spiro atoms. The van der Waals surface area contributed by atoms with Crippen molar-refractivity contribution in [1.82, 2.24) is 14.5 Å². The minimum Gasteiger partial charge on any atom is -0.352 e. The SMILES string of the molecule is C[C@H]1[C@H](C)CCC[C@H]1NC(=O)CN1CCN(S(=O)(=O)c2cccc(Cl)c2)CC1. The average Bonchev–Trinajstić information content (AvgIpc) is 2.66. The van der Waals surface area contributed by atoms with Gasteiger partial charge < -0.3 is 5.32 Å². The normalized spacial score (nSPS) is 27.5. The highest BCUT2D eigenvalue weighted by Crippen LogP contribution is 2.29. The third-order valence-corrected chi connectivity index (χ3v) is 8.32. The lowest BCUT2D eigenvalue weighted by Crippen LogP contribution is -2.52. The number of carbonyl (C=O) groups is 1. The van der Waals surface area contributed by atoms with Gasteiger partial charge in [0.2, 0.25) is 15.9 Å². The van der Waals surface area contributed by atoms with E-state index in [9.17, 15) is 13.2 Å². The van der Waals surface area contributed by atoms with Crippen molar-refractivity contribution in [3.05, 3.63) is 29.3 Å². The first-order valence-electron chi connectivity index (χ1n) is 10.0. The fourth-order valence-corrected chi connectivity index (χ4v) is 5.87. The zero-order valence-corrected chi connectivity index (χ0v) is 18.2. The number of nitrogens with zero attached hydrogens (tertiary/aromatic N) is 2. The Hall–Kier alpha value is -1.15. The molecule has 1 saturated heterocycles. The number of sulfonamides is 1. The van der Waals surface area contributed by atoms with E-state index in [0.717, 1.165) is 12.8 Å². The van der Waals surface area contributed by atoms with Crippen molar-refractivity contribution in [3.63, 3.8) is 0 Å². The molecule has 0 unspecified atom stereocenters. The molecule has 1 saturated carbocycles. The quantitative estimate of drug-likeness (QED) is 0.784. The van der Waals surface area contributed by atoms with Gasteiger partial charge in [0.15, 0.2) is 0 Å². The molecule has 0 bridgehead atoms. The number of carbonyl (C=O) groups excluding carboxylic acids is 1. The molecule has 1 amide bonds. The van der Waals surface area contributed by atoms with Gasteiger partial charge in [0.25, 0.3) is 0 Å². The molecule has 2 aliphatic rings. The molecule has 1 N–H and O–H groups in total. The molecule has 156 valence electrons.